The SMILES string of the molecule is CC(=O)c1ccc(Cl)c(N2CC(CBr)CC2=O)c1. The first-order valence-electron chi connectivity index (χ1n) is 5.69. The Bertz CT molecular complexity index is 504. The second-order valence-electron chi connectivity index (χ2n) is 4.45. The number of benzene rings is 1. The number of hydrogen-bond acceptors (Lipinski definition) is 2. The van der Waals surface area contributed by atoms with E-state index in [1.165, 1.54) is 6.92 Å². The summed E-state index contributed by atoms with van der Waals surface area (Å²) in [4.78, 5) is 25.0. The van der Waals surface area contributed by atoms with Gasteiger partial charge >= 0.3 is 0 Å². The van der Waals surface area contributed by atoms with Gasteiger partial charge in [-0.15, -0.1) is 0 Å². The molecule has 5 heteroatoms. The summed E-state index contributed by atoms with van der Waals surface area (Å²) < 4.78 is 0. The summed E-state index contributed by atoms with van der Waals surface area (Å²) in [7, 11) is 0. The fourth-order valence-electron chi connectivity index (χ4n) is 2.06. The van der Waals surface area contributed by atoms with Crippen LogP contribution in [0.25, 0.3) is 0 Å². The Hall–Kier alpha value is -0.870. The van der Waals surface area contributed by atoms with Crippen LogP contribution in [-0.4, -0.2) is 23.6 Å². The molecule has 2 rings (SSSR count). The van der Waals surface area contributed by atoms with Gasteiger partial charge in [0.05, 0.1) is 10.7 Å². The molecule has 0 saturated carbocycles. The first kappa shape index (κ1) is 13.6. The van der Waals surface area contributed by atoms with Gasteiger partial charge in [-0.2, -0.15) is 0 Å². The van der Waals surface area contributed by atoms with Crippen LogP contribution in [0.2, 0.25) is 5.02 Å². The molecule has 1 atom stereocenters. The predicted molar refractivity (Wildman–Crippen MR) is 75.7 cm³/mol. The molecule has 0 bridgehead atoms. The Labute approximate surface area is 119 Å². The first-order valence-corrected chi connectivity index (χ1v) is 7.19. The molecule has 1 aromatic rings. The van der Waals surface area contributed by atoms with Crippen molar-refractivity contribution in [3.05, 3.63) is 28.8 Å². The van der Waals surface area contributed by atoms with Gasteiger partial charge in [-0.3, -0.25) is 9.59 Å². The molecular weight excluding hydrogens is 318 g/mol. The van der Waals surface area contributed by atoms with Crippen molar-refractivity contribution >= 4 is 44.9 Å². The van der Waals surface area contributed by atoms with Crippen LogP contribution in [0.4, 0.5) is 5.69 Å². The molecule has 0 N–H and O–H groups in total. The number of Topliss-reactive ketones (excluding diaryl/α,β-unsaturated/α-hetero) is 1. The topological polar surface area (TPSA) is 37.4 Å². The molecule has 1 saturated heterocycles. The maximum atomic E-state index is 11.9. The monoisotopic (exact) mass is 329 g/mol. The minimum atomic E-state index is -0.0309. The van der Waals surface area contributed by atoms with Gasteiger partial charge < -0.3 is 4.90 Å². The number of carbonyl (C=O) groups is 2. The minimum absolute atomic E-state index is 0.0309. The number of ketones is 1. The number of amides is 1. The lowest BCUT2D eigenvalue weighted by atomic mass is 10.1. The van der Waals surface area contributed by atoms with Gasteiger partial charge in [0.25, 0.3) is 0 Å². The van der Waals surface area contributed by atoms with Crippen LogP contribution >= 0.6 is 27.5 Å². The Morgan fingerprint density at radius 2 is 2.28 bits per heavy atom. The molecule has 0 aromatic heterocycles. The maximum absolute atomic E-state index is 11.9. The van der Waals surface area contributed by atoms with Crippen molar-refractivity contribution in [2.45, 2.75) is 13.3 Å². The number of rotatable bonds is 3. The lowest BCUT2D eigenvalue weighted by molar-refractivity contribution is -0.117. The van der Waals surface area contributed by atoms with Crippen molar-refractivity contribution in [2.75, 3.05) is 16.8 Å². The zero-order valence-corrected chi connectivity index (χ0v) is 12.3. The molecule has 0 spiro atoms. The van der Waals surface area contributed by atoms with Gasteiger partial charge in [-0.05, 0) is 31.0 Å². The zero-order chi connectivity index (χ0) is 13.3. The van der Waals surface area contributed by atoms with Crippen molar-refractivity contribution in [3.63, 3.8) is 0 Å². The van der Waals surface area contributed by atoms with Crippen molar-refractivity contribution in [2.24, 2.45) is 5.92 Å². The van der Waals surface area contributed by atoms with Gasteiger partial charge in [-0.25, -0.2) is 0 Å². The van der Waals surface area contributed by atoms with Crippen molar-refractivity contribution < 1.29 is 9.59 Å². The third-order valence-electron chi connectivity index (χ3n) is 3.07. The first-order chi connectivity index (χ1) is 8.52. The molecular formula is C13H13BrClNO2. The van der Waals surface area contributed by atoms with Crippen molar-refractivity contribution in [3.8, 4) is 0 Å². The van der Waals surface area contributed by atoms with E-state index in [1.807, 2.05) is 0 Å². The van der Waals surface area contributed by atoms with E-state index in [-0.39, 0.29) is 11.7 Å². The lowest BCUT2D eigenvalue weighted by Crippen LogP contribution is -2.25. The third kappa shape index (κ3) is 2.59. The average molecular weight is 331 g/mol. The maximum Gasteiger partial charge on any atom is 0.227 e. The van der Waals surface area contributed by atoms with Crippen LogP contribution in [0.1, 0.15) is 23.7 Å². The van der Waals surface area contributed by atoms with Crippen LogP contribution in [0.15, 0.2) is 18.2 Å². The Morgan fingerprint density at radius 1 is 1.56 bits per heavy atom. The van der Waals surface area contributed by atoms with Gasteiger partial charge in [-0.1, -0.05) is 27.5 Å². The van der Waals surface area contributed by atoms with E-state index in [0.717, 1.165) is 5.33 Å². The van der Waals surface area contributed by atoms with E-state index in [9.17, 15) is 9.59 Å². The van der Waals surface area contributed by atoms with Crippen LogP contribution < -0.4 is 4.90 Å². The molecule has 96 valence electrons. The number of halogens is 2. The van der Waals surface area contributed by atoms with E-state index >= 15 is 0 Å². The van der Waals surface area contributed by atoms with E-state index < -0.39 is 0 Å². The standard InChI is InChI=1S/C13H13BrClNO2/c1-8(17)10-2-3-11(15)12(5-10)16-7-9(6-14)4-13(16)18/h2-3,5,9H,4,6-7H2,1H3. The molecule has 1 heterocycles. The smallest absolute Gasteiger partial charge is 0.227 e. The molecule has 1 aliphatic rings. The summed E-state index contributed by atoms with van der Waals surface area (Å²) in [6, 6.07) is 5.04. The third-order valence-corrected chi connectivity index (χ3v) is 4.30. The minimum Gasteiger partial charge on any atom is -0.311 e. The number of carbonyl (C=O) groups excluding carboxylic acids is 2. The molecule has 1 amide bonds. The molecule has 1 unspecified atom stereocenters. The Morgan fingerprint density at radius 3 is 2.83 bits per heavy atom. The molecule has 3 nitrogen and oxygen atoms in total. The second-order valence-corrected chi connectivity index (χ2v) is 5.51. The fraction of sp³-hybridized carbons (Fsp3) is 0.385. The molecule has 0 aliphatic carbocycles. The van der Waals surface area contributed by atoms with Crippen LogP contribution in [0, 0.1) is 5.92 Å². The predicted octanol–water partition coefficient (Wildman–Crippen LogP) is 3.29. The number of anilines is 1. The highest BCUT2D eigenvalue weighted by atomic mass is 79.9. The second kappa shape index (κ2) is 5.41. The molecule has 1 fully saturated rings. The number of hydrogen-bond donors (Lipinski definition) is 0. The number of nitrogens with zero attached hydrogens (tertiary/aromatic N) is 1. The largest absolute Gasteiger partial charge is 0.311 e. The lowest BCUT2D eigenvalue weighted by Gasteiger charge is -2.18. The van der Waals surface area contributed by atoms with E-state index in [2.05, 4.69) is 15.9 Å². The Balaban J connectivity index is 2.35. The summed E-state index contributed by atoms with van der Waals surface area (Å²) in [6.45, 7) is 2.14. The quantitative estimate of drug-likeness (QED) is 0.630. The van der Waals surface area contributed by atoms with E-state index in [1.54, 1.807) is 23.1 Å². The zero-order valence-electron chi connectivity index (χ0n) is 9.95. The van der Waals surface area contributed by atoms with Gasteiger partial charge in [0, 0.05) is 23.9 Å². The highest BCUT2D eigenvalue weighted by Gasteiger charge is 2.31. The fourth-order valence-corrected chi connectivity index (χ4v) is 2.71. The summed E-state index contributed by atoms with van der Waals surface area (Å²) >= 11 is 9.51. The normalized spacial score (nSPS) is 19.4. The van der Waals surface area contributed by atoms with Gasteiger partial charge in [0.1, 0.15) is 0 Å². The van der Waals surface area contributed by atoms with Gasteiger partial charge in [0.2, 0.25) is 5.91 Å². The van der Waals surface area contributed by atoms with Gasteiger partial charge in [0.15, 0.2) is 5.78 Å². The summed E-state index contributed by atoms with van der Waals surface area (Å²) in [6.07, 6.45) is 0.520. The Kier molecular flexibility index (Phi) is 4.07. The van der Waals surface area contributed by atoms with Crippen molar-refractivity contribution in [1.82, 2.24) is 0 Å². The van der Waals surface area contributed by atoms with Crippen LogP contribution in [0.3, 0.4) is 0 Å². The molecule has 18 heavy (non-hydrogen) atoms. The highest BCUT2D eigenvalue weighted by molar-refractivity contribution is 9.09. The van der Waals surface area contributed by atoms with E-state index in [4.69, 9.17) is 11.6 Å². The summed E-state index contributed by atoms with van der Waals surface area (Å²) in [5, 5.41) is 1.29. The molecule has 1 aromatic carbocycles. The van der Waals surface area contributed by atoms with Crippen LogP contribution in [0.5, 0.6) is 0 Å². The molecule has 1 aliphatic heterocycles. The average Bonchev–Trinajstić information content (AvgIpc) is 2.71. The van der Waals surface area contributed by atoms with Crippen LogP contribution in [-0.2, 0) is 4.79 Å². The molecule has 0 radical (unpaired) electrons. The van der Waals surface area contributed by atoms with Crippen molar-refractivity contribution in [1.29, 1.82) is 0 Å². The van der Waals surface area contributed by atoms with E-state index in [0.29, 0.717) is 35.2 Å². The summed E-state index contributed by atoms with van der Waals surface area (Å²) in [5.74, 6) is 0.327. The highest BCUT2D eigenvalue weighted by Crippen LogP contribution is 2.32. The number of alkyl halides is 1. The summed E-state index contributed by atoms with van der Waals surface area (Å²) in [5.41, 5.74) is 1.21.